The molecular formula is C25H27ClN2O6S. The summed E-state index contributed by atoms with van der Waals surface area (Å²) in [4.78, 5) is 12.3. The van der Waals surface area contributed by atoms with E-state index in [1.807, 2.05) is 18.2 Å². The van der Waals surface area contributed by atoms with Crippen LogP contribution in [0.25, 0.3) is 0 Å². The van der Waals surface area contributed by atoms with E-state index in [4.69, 9.17) is 25.8 Å². The van der Waals surface area contributed by atoms with Gasteiger partial charge in [-0.1, -0.05) is 17.7 Å². The van der Waals surface area contributed by atoms with Crippen molar-refractivity contribution in [2.45, 2.75) is 18.2 Å². The molecule has 3 aromatic carbocycles. The van der Waals surface area contributed by atoms with Gasteiger partial charge in [-0.25, -0.2) is 8.42 Å². The standard InChI is InChI=1S/C25H27ClN2O6S/c1-17-14-21(35(30,31)28-20-7-5-19(26)6-8-20)9-11-22(17)34-16-25(29)27-13-12-18-4-10-23(32-2)24(15-18)33-3/h4-11,14-15,28H,12-13,16H2,1-3H3,(H,27,29). The number of benzene rings is 3. The summed E-state index contributed by atoms with van der Waals surface area (Å²) in [6.07, 6.45) is 0.609. The maximum absolute atomic E-state index is 12.7. The molecule has 1 amide bonds. The third kappa shape index (κ3) is 7.27. The van der Waals surface area contributed by atoms with Crippen LogP contribution in [-0.2, 0) is 21.2 Å². The van der Waals surface area contributed by atoms with Crippen LogP contribution in [0.5, 0.6) is 17.2 Å². The van der Waals surface area contributed by atoms with E-state index in [-0.39, 0.29) is 17.4 Å². The summed E-state index contributed by atoms with van der Waals surface area (Å²) in [6, 6.07) is 16.4. The van der Waals surface area contributed by atoms with Gasteiger partial charge in [0.2, 0.25) is 0 Å². The van der Waals surface area contributed by atoms with E-state index in [2.05, 4.69) is 10.0 Å². The smallest absolute Gasteiger partial charge is 0.261 e. The van der Waals surface area contributed by atoms with Crippen molar-refractivity contribution in [2.24, 2.45) is 0 Å². The monoisotopic (exact) mass is 518 g/mol. The second-order valence-corrected chi connectivity index (χ2v) is 9.74. The van der Waals surface area contributed by atoms with Crippen LogP contribution >= 0.6 is 11.6 Å². The number of rotatable bonds is 11. The van der Waals surface area contributed by atoms with E-state index in [1.54, 1.807) is 45.4 Å². The Morgan fingerprint density at radius 2 is 1.60 bits per heavy atom. The number of carbonyl (C=O) groups excluding carboxylic acids is 1. The van der Waals surface area contributed by atoms with Crippen LogP contribution in [0, 0.1) is 6.92 Å². The van der Waals surface area contributed by atoms with Gasteiger partial charge in [0.25, 0.3) is 15.9 Å². The van der Waals surface area contributed by atoms with Gasteiger partial charge < -0.3 is 19.5 Å². The molecule has 2 N–H and O–H groups in total. The first kappa shape index (κ1) is 26.2. The van der Waals surface area contributed by atoms with Crippen molar-refractivity contribution in [1.29, 1.82) is 0 Å². The fourth-order valence-electron chi connectivity index (χ4n) is 3.26. The number of aryl methyl sites for hydroxylation is 1. The van der Waals surface area contributed by atoms with Crippen molar-refractivity contribution >= 4 is 33.2 Å². The summed E-state index contributed by atoms with van der Waals surface area (Å²) in [5, 5.41) is 3.31. The zero-order valence-corrected chi connectivity index (χ0v) is 21.2. The summed E-state index contributed by atoms with van der Waals surface area (Å²) >= 11 is 5.84. The number of halogens is 1. The van der Waals surface area contributed by atoms with E-state index in [0.29, 0.717) is 46.5 Å². The number of sulfonamides is 1. The molecule has 0 saturated carbocycles. The first-order chi connectivity index (χ1) is 16.7. The number of carbonyl (C=O) groups is 1. The zero-order valence-electron chi connectivity index (χ0n) is 19.6. The highest BCUT2D eigenvalue weighted by Crippen LogP contribution is 2.27. The van der Waals surface area contributed by atoms with E-state index in [1.165, 1.54) is 18.2 Å². The van der Waals surface area contributed by atoms with E-state index >= 15 is 0 Å². The van der Waals surface area contributed by atoms with Crippen molar-refractivity contribution in [3.63, 3.8) is 0 Å². The van der Waals surface area contributed by atoms with E-state index in [0.717, 1.165) is 5.56 Å². The Balaban J connectivity index is 1.51. The fraction of sp³-hybridized carbons (Fsp3) is 0.240. The lowest BCUT2D eigenvalue weighted by molar-refractivity contribution is -0.123. The van der Waals surface area contributed by atoms with Gasteiger partial charge in [0.15, 0.2) is 18.1 Å². The summed E-state index contributed by atoms with van der Waals surface area (Å²) in [6.45, 7) is 1.94. The van der Waals surface area contributed by atoms with Crippen molar-refractivity contribution in [1.82, 2.24) is 5.32 Å². The molecule has 0 bridgehead atoms. The number of anilines is 1. The van der Waals surface area contributed by atoms with Crippen molar-refractivity contribution < 1.29 is 27.4 Å². The van der Waals surface area contributed by atoms with Crippen LogP contribution in [0.2, 0.25) is 5.02 Å². The minimum absolute atomic E-state index is 0.0803. The molecule has 0 heterocycles. The molecule has 0 unspecified atom stereocenters. The second kappa shape index (κ2) is 11.8. The third-order valence-corrected chi connectivity index (χ3v) is 6.73. The number of hydrogen-bond acceptors (Lipinski definition) is 6. The molecule has 0 radical (unpaired) electrons. The summed E-state index contributed by atoms with van der Waals surface area (Å²) in [5.41, 5.74) is 1.97. The Hall–Kier alpha value is -3.43. The van der Waals surface area contributed by atoms with Crippen molar-refractivity contribution in [2.75, 3.05) is 32.1 Å². The van der Waals surface area contributed by atoms with Gasteiger partial charge in [-0.05, 0) is 79.1 Å². The predicted molar refractivity (Wildman–Crippen MR) is 135 cm³/mol. The lowest BCUT2D eigenvalue weighted by Gasteiger charge is -2.13. The quantitative estimate of drug-likeness (QED) is 0.394. The maximum atomic E-state index is 12.7. The van der Waals surface area contributed by atoms with Crippen LogP contribution in [0.1, 0.15) is 11.1 Å². The second-order valence-electron chi connectivity index (χ2n) is 7.62. The largest absolute Gasteiger partial charge is 0.493 e. The van der Waals surface area contributed by atoms with E-state index in [9.17, 15) is 13.2 Å². The minimum Gasteiger partial charge on any atom is -0.493 e. The Morgan fingerprint density at radius 3 is 2.26 bits per heavy atom. The molecule has 0 atom stereocenters. The lowest BCUT2D eigenvalue weighted by atomic mass is 10.1. The van der Waals surface area contributed by atoms with Crippen LogP contribution < -0.4 is 24.2 Å². The first-order valence-corrected chi connectivity index (χ1v) is 12.6. The van der Waals surface area contributed by atoms with Crippen LogP contribution in [0.15, 0.2) is 65.6 Å². The number of hydrogen-bond donors (Lipinski definition) is 2. The third-order valence-electron chi connectivity index (χ3n) is 5.10. The highest BCUT2D eigenvalue weighted by atomic mass is 35.5. The average molecular weight is 519 g/mol. The molecule has 3 rings (SSSR count). The fourth-order valence-corrected chi connectivity index (χ4v) is 4.53. The zero-order chi connectivity index (χ0) is 25.4. The Kier molecular flexibility index (Phi) is 8.84. The number of methoxy groups -OCH3 is 2. The maximum Gasteiger partial charge on any atom is 0.261 e. The average Bonchev–Trinajstić information content (AvgIpc) is 2.84. The lowest BCUT2D eigenvalue weighted by Crippen LogP contribution is -2.30. The summed E-state index contributed by atoms with van der Waals surface area (Å²) in [7, 11) is -0.645. The van der Waals surface area contributed by atoms with Gasteiger partial charge in [0.05, 0.1) is 19.1 Å². The molecule has 10 heteroatoms. The van der Waals surface area contributed by atoms with Crippen LogP contribution in [0.4, 0.5) is 5.69 Å². The predicted octanol–water partition coefficient (Wildman–Crippen LogP) is 4.20. The van der Waals surface area contributed by atoms with Gasteiger partial charge >= 0.3 is 0 Å². The molecule has 8 nitrogen and oxygen atoms in total. The topological polar surface area (TPSA) is 103 Å². The highest BCUT2D eigenvalue weighted by molar-refractivity contribution is 7.92. The molecule has 0 aliphatic carbocycles. The Bertz CT molecular complexity index is 1280. The highest BCUT2D eigenvalue weighted by Gasteiger charge is 2.16. The molecule has 0 saturated heterocycles. The molecule has 0 aliphatic heterocycles. The molecule has 3 aromatic rings. The number of amides is 1. The van der Waals surface area contributed by atoms with Crippen LogP contribution in [-0.4, -0.2) is 41.7 Å². The summed E-state index contributed by atoms with van der Waals surface area (Å²) in [5.74, 6) is 1.41. The Labute approximate surface area is 210 Å². The number of ether oxygens (including phenoxy) is 3. The molecule has 35 heavy (non-hydrogen) atoms. The summed E-state index contributed by atoms with van der Waals surface area (Å²) < 4.78 is 43.9. The van der Waals surface area contributed by atoms with Crippen molar-refractivity contribution in [3.05, 3.63) is 76.8 Å². The molecule has 0 fully saturated rings. The van der Waals surface area contributed by atoms with Gasteiger partial charge in [-0.3, -0.25) is 9.52 Å². The van der Waals surface area contributed by atoms with Crippen LogP contribution in [0.3, 0.4) is 0 Å². The number of nitrogens with one attached hydrogen (secondary N) is 2. The molecule has 0 aliphatic rings. The van der Waals surface area contributed by atoms with E-state index < -0.39 is 10.0 Å². The SMILES string of the molecule is COc1ccc(CCNC(=O)COc2ccc(S(=O)(=O)Nc3ccc(Cl)cc3)cc2C)cc1OC. The van der Waals surface area contributed by atoms with Gasteiger partial charge in [0.1, 0.15) is 5.75 Å². The first-order valence-electron chi connectivity index (χ1n) is 10.7. The molecule has 0 spiro atoms. The molecule has 0 aromatic heterocycles. The minimum atomic E-state index is -3.79. The molecular weight excluding hydrogens is 492 g/mol. The molecule has 186 valence electrons. The van der Waals surface area contributed by atoms with Gasteiger partial charge in [-0.15, -0.1) is 0 Å². The normalized spacial score (nSPS) is 11.0. The van der Waals surface area contributed by atoms with Crippen molar-refractivity contribution in [3.8, 4) is 17.2 Å². The van der Waals surface area contributed by atoms with Gasteiger partial charge in [0, 0.05) is 17.3 Å². The Morgan fingerprint density at radius 1 is 0.914 bits per heavy atom. The van der Waals surface area contributed by atoms with Gasteiger partial charge in [-0.2, -0.15) is 0 Å².